The molecule has 3 aromatic carbocycles. The molecular weight excluding hydrogens is 374 g/mol. The average Bonchev–Trinajstić information content (AvgIpc) is 3.07. The number of fused-ring (bicyclic) bond motifs is 2. The fourth-order valence-electron chi connectivity index (χ4n) is 4.20. The molecule has 2 heterocycles. The monoisotopic (exact) mass is 395 g/mol. The minimum Gasteiger partial charge on any atom is -0.450 e. The first-order valence-electron chi connectivity index (χ1n) is 10.1. The highest BCUT2D eigenvalue weighted by atomic mass is 16.3. The van der Waals surface area contributed by atoms with Crippen LogP contribution in [0.4, 0.5) is 5.69 Å². The lowest BCUT2D eigenvalue weighted by atomic mass is 9.98. The van der Waals surface area contributed by atoms with E-state index in [2.05, 4.69) is 6.92 Å². The van der Waals surface area contributed by atoms with Crippen molar-refractivity contribution in [1.82, 2.24) is 0 Å². The fourth-order valence-corrected chi connectivity index (χ4v) is 4.20. The molecule has 4 heteroatoms. The number of hydrogen-bond donors (Lipinski definition) is 0. The number of amides is 1. The molecule has 1 aromatic heterocycles. The van der Waals surface area contributed by atoms with Crippen molar-refractivity contribution in [3.63, 3.8) is 0 Å². The molecule has 5 rings (SSSR count). The SMILES string of the molecule is CCc1ccc(N2C(=O)c3oc4ccc(C)cc4c(=O)c3C2c2ccccc2)cc1. The Morgan fingerprint density at radius 3 is 2.37 bits per heavy atom. The third-order valence-electron chi connectivity index (χ3n) is 5.76. The van der Waals surface area contributed by atoms with Crippen LogP contribution in [-0.2, 0) is 6.42 Å². The summed E-state index contributed by atoms with van der Waals surface area (Å²) >= 11 is 0. The average molecular weight is 395 g/mol. The highest BCUT2D eigenvalue weighted by molar-refractivity contribution is 6.10. The van der Waals surface area contributed by atoms with Crippen molar-refractivity contribution in [2.24, 2.45) is 0 Å². The van der Waals surface area contributed by atoms with E-state index < -0.39 is 6.04 Å². The lowest BCUT2D eigenvalue weighted by Crippen LogP contribution is -2.29. The molecule has 1 atom stereocenters. The van der Waals surface area contributed by atoms with Crippen molar-refractivity contribution in [1.29, 1.82) is 0 Å². The Morgan fingerprint density at radius 2 is 1.67 bits per heavy atom. The predicted molar refractivity (Wildman–Crippen MR) is 118 cm³/mol. The van der Waals surface area contributed by atoms with Crippen molar-refractivity contribution in [2.45, 2.75) is 26.3 Å². The normalized spacial score (nSPS) is 15.6. The van der Waals surface area contributed by atoms with Crippen molar-refractivity contribution in [3.8, 4) is 0 Å². The van der Waals surface area contributed by atoms with Crippen LogP contribution in [0.5, 0.6) is 0 Å². The third kappa shape index (κ3) is 2.76. The van der Waals surface area contributed by atoms with Crippen LogP contribution < -0.4 is 10.3 Å². The van der Waals surface area contributed by atoms with Gasteiger partial charge >= 0.3 is 0 Å². The summed E-state index contributed by atoms with van der Waals surface area (Å²) in [5, 5.41) is 0.505. The maximum Gasteiger partial charge on any atom is 0.295 e. The molecule has 1 aliphatic rings. The molecule has 1 aliphatic heterocycles. The van der Waals surface area contributed by atoms with Gasteiger partial charge < -0.3 is 4.42 Å². The summed E-state index contributed by atoms with van der Waals surface area (Å²) in [5.41, 5.74) is 4.49. The van der Waals surface area contributed by atoms with Crippen LogP contribution in [-0.4, -0.2) is 5.91 Å². The van der Waals surface area contributed by atoms with Gasteiger partial charge in [0.25, 0.3) is 5.91 Å². The van der Waals surface area contributed by atoms with E-state index in [1.54, 1.807) is 11.0 Å². The zero-order valence-electron chi connectivity index (χ0n) is 16.9. The van der Waals surface area contributed by atoms with Gasteiger partial charge in [-0.15, -0.1) is 0 Å². The van der Waals surface area contributed by atoms with E-state index in [-0.39, 0.29) is 17.1 Å². The van der Waals surface area contributed by atoms with Gasteiger partial charge in [0.05, 0.1) is 17.0 Å². The Hall–Kier alpha value is -3.66. The lowest BCUT2D eigenvalue weighted by molar-refractivity contribution is 0.0971. The Balaban J connectivity index is 1.79. The number of hydrogen-bond acceptors (Lipinski definition) is 3. The summed E-state index contributed by atoms with van der Waals surface area (Å²) in [5.74, 6) is -0.160. The Morgan fingerprint density at radius 1 is 0.933 bits per heavy atom. The molecule has 1 unspecified atom stereocenters. The van der Waals surface area contributed by atoms with E-state index in [1.165, 1.54) is 5.56 Å². The highest BCUT2D eigenvalue weighted by Crippen LogP contribution is 2.41. The zero-order valence-corrected chi connectivity index (χ0v) is 16.9. The number of carbonyl (C=O) groups is 1. The van der Waals surface area contributed by atoms with Crippen molar-refractivity contribution in [2.75, 3.05) is 4.90 Å². The van der Waals surface area contributed by atoms with E-state index in [0.29, 0.717) is 16.5 Å². The summed E-state index contributed by atoms with van der Waals surface area (Å²) in [6.45, 7) is 4.03. The van der Waals surface area contributed by atoms with Gasteiger partial charge in [0.15, 0.2) is 5.43 Å². The van der Waals surface area contributed by atoms with E-state index >= 15 is 0 Å². The van der Waals surface area contributed by atoms with Gasteiger partial charge in [0.1, 0.15) is 5.58 Å². The Kier molecular flexibility index (Phi) is 4.28. The fraction of sp³-hybridized carbons (Fsp3) is 0.154. The van der Waals surface area contributed by atoms with Crippen LogP contribution in [0.15, 0.2) is 82.0 Å². The number of anilines is 1. The molecule has 4 nitrogen and oxygen atoms in total. The smallest absolute Gasteiger partial charge is 0.295 e. The molecular formula is C26H21NO3. The Labute approximate surface area is 174 Å². The number of carbonyl (C=O) groups excluding carboxylic acids is 1. The Bertz CT molecular complexity index is 1320. The van der Waals surface area contributed by atoms with Gasteiger partial charge in [0.2, 0.25) is 5.76 Å². The van der Waals surface area contributed by atoms with E-state index in [0.717, 1.165) is 23.2 Å². The number of rotatable bonds is 3. The van der Waals surface area contributed by atoms with Crippen molar-refractivity contribution < 1.29 is 9.21 Å². The standard InChI is InChI=1S/C26H21NO3/c1-3-17-10-12-19(13-11-17)27-23(18-7-5-4-6-8-18)22-24(28)20-15-16(2)9-14-21(20)30-25(22)26(27)29/h4-15,23H,3H2,1-2H3. The largest absolute Gasteiger partial charge is 0.450 e. The first kappa shape index (κ1) is 18.4. The van der Waals surface area contributed by atoms with Gasteiger partial charge in [-0.25, -0.2) is 0 Å². The molecule has 0 spiro atoms. The van der Waals surface area contributed by atoms with Crippen LogP contribution in [0.2, 0.25) is 0 Å². The van der Waals surface area contributed by atoms with Gasteiger partial charge in [-0.05, 0) is 48.7 Å². The van der Waals surface area contributed by atoms with Gasteiger partial charge in [-0.1, -0.05) is 61.0 Å². The number of nitrogens with zero attached hydrogens (tertiary/aromatic N) is 1. The lowest BCUT2D eigenvalue weighted by Gasteiger charge is -2.25. The molecule has 0 saturated carbocycles. The molecule has 30 heavy (non-hydrogen) atoms. The highest BCUT2D eigenvalue weighted by Gasteiger charge is 2.43. The molecule has 0 saturated heterocycles. The second-order valence-corrected chi connectivity index (χ2v) is 7.68. The summed E-state index contributed by atoms with van der Waals surface area (Å²) in [6, 6.07) is 22.5. The first-order chi connectivity index (χ1) is 14.6. The maximum absolute atomic E-state index is 13.5. The minimum atomic E-state index is -0.526. The number of benzene rings is 3. The van der Waals surface area contributed by atoms with Gasteiger partial charge in [0, 0.05) is 5.69 Å². The van der Waals surface area contributed by atoms with Crippen LogP contribution >= 0.6 is 0 Å². The molecule has 0 N–H and O–H groups in total. The van der Waals surface area contributed by atoms with Crippen LogP contribution in [0.1, 0.15) is 45.8 Å². The molecule has 1 amide bonds. The van der Waals surface area contributed by atoms with Crippen molar-refractivity contribution in [3.05, 3.63) is 111 Å². The number of aryl methyl sites for hydroxylation is 2. The third-order valence-corrected chi connectivity index (χ3v) is 5.76. The van der Waals surface area contributed by atoms with Gasteiger partial charge in [-0.2, -0.15) is 0 Å². The summed E-state index contributed by atoms with van der Waals surface area (Å²) in [7, 11) is 0. The van der Waals surface area contributed by atoms with E-state index in [1.807, 2.05) is 73.7 Å². The van der Waals surface area contributed by atoms with E-state index in [4.69, 9.17) is 4.42 Å². The maximum atomic E-state index is 13.5. The summed E-state index contributed by atoms with van der Waals surface area (Å²) in [4.78, 5) is 28.7. The summed E-state index contributed by atoms with van der Waals surface area (Å²) < 4.78 is 6.01. The minimum absolute atomic E-state index is 0.129. The molecule has 0 radical (unpaired) electrons. The second-order valence-electron chi connectivity index (χ2n) is 7.68. The van der Waals surface area contributed by atoms with Crippen molar-refractivity contribution >= 4 is 22.6 Å². The summed E-state index contributed by atoms with van der Waals surface area (Å²) in [6.07, 6.45) is 0.918. The molecule has 0 fully saturated rings. The molecule has 0 aliphatic carbocycles. The van der Waals surface area contributed by atoms with Crippen LogP contribution in [0, 0.1) is 6.92 Å². The predicted octanol–water partition coefficient (Wildman–Crippen LogP) is 5.41. The molecule has 0 bridgehead atoms. The quantitative estimate of drug-likeness (QED) is 0.466. The zero-order chi connectivity index (χ0) is 20.8. The first-order valence-corrected chi connectivity index (χ1v) is 10.1. The van der Waals surface area contributed by atoms with Crippen LogP contribution in [0.25, 0.3) is 11.0 Å². The van der Waals surface area contributed by atoms with Crippen LogP contribution in [0.3, 0.4) is 0 Å². The topological polar surface area (TPSA) is 50.5 Å². The second kappa shape index (κ2) is 6.99. The van der Waals surface area contributed by atoms with E-state index in [9.17, 15) is 9.59 Å². The molecule has 148 valence electrons. The van der Waals surface area contributed by atoms with Gasteiger partial charge in [-0.3, -0.25) is 14.5 Å². The molecule has 4 aromatic rings.